The summed E-state index contributed by atoms with van der Waals surface area (Å²) in [6.45, 7) is 3.25. The van der Waals surface area contributed by atoms with Crippen LogP contribution in [0.5, 0.6) is 0 Å². The van der Waals surface area contributed by atoms with E-state index in [-0.39, 0.29) is 5.97 Å². The van der Waals surface area contributed by atoms with Crippen LogP contribution in [0.15, 0.2) is 18.2 Å². The number of hydrogen-bond acceptors (Lipinski definition) is 2. The van der Waals surface area contributed by atoms with Gasteiger partial charge in [-0.15, -0.1) is 0 Å². The fraction of sp³-hybridized carbons (Fsp3) is 0.364. The highest BCUT2D eigenvalue weighted by atomic mass is 35.5. The van der Waals surface area contributed by atoms with Crippen molar-refractivity contribution in [2.24, 2.45) is 0 Å². The average molecular weight is 247 g/mol. The predicted molar refractivity (Wildman–Crippen MR) is 61.3 cm³/mol. The SMILES string of the molecule is CC(=O)OC(Cl)Cc1cccc(Cl)c1C. The van der Waals surface area contributed by atoms with E-state index in [0.29, 0.717) is 11.4 Å². The minimum absolute atomic E-state index is 0.380. The molecular formula is C11H12Cl2O2. The number of carbonyl (C=O) groups excluding carboxylic acids is 1. The number of benzene rings is 1. The maximum Gasteiger partial charge on any atom is 0.304 e. The van der Waals surface area contributed by atoms with Gasteiger partial charge in [-0.2, -0.15) is 0 Å². The van der Waals surface area contributed by atoms with E-state index in [2.05, 4.69) is 0 Å². The summed E-state index contributed by atoms with van der Waals surface area (Å²) < 4.78 is 4.83. The summed E-state index contributed by atoms with van der Waals surface area (Å²) in [6, 6.07) is 5.58. The third kappa shape index (κ3) is 3.73. The first-order chi connectivity index (χ1) is 7.00. The van der Waals surface area contributed by atoms with E-state index in [0.717, 1.165) is 11.1 Å². The van der Waals surface area contributed by atoms with Crippen molar-refractivity contribution in [3.8, 4) is 0 Å². The van der Waals surface area contributed by atoms with Crippen LogP contribution in [-0.4, -0.2) is 11.5 Å². The molecule has 1 aromatic rings. The van der Waals surface area contributed by atoms with Gasteiger partial charge < -0.3 is 4.74 Å². The highest BCUT2D eigenvalue weighted by Crippen LogP contribution is 2.21. The van der Waals surface area contributed by atoms with Gasteiger partial charge in [0.1, 0.15) is 0 Å². The molecule has 15 heavy (non-hydrogen) atoms. The highest BCUT2D eigenvalue weighted by molar-refractivity contribution is 6.31. The molecule has 1 aromatic carbocycles. The van der Waals surface area contributed by atoms with Crippen LogP contribution in [0.25, 0.3) is 0 Å². The molecule has 2 nitrogen and oxygen atoms in total. The fourth-order valence-electron chi connectivity index (χ4n) is 1.27. The molecule has 0 bridgehead atoms. The van der Waals surface area contributed by atoms with E-state index in [1.54, 1.807) is 0 Å². The van der Waals surface area contributed by atoms with Gasteiger partial charge in [0.2, 0.25) is 0 Å². The van der Waals surface area contributed by atoms with Gasteiger partial charge in [0.25, 0.3) is 0 Å². The summed E-state index contributed by atoms with van der Waals surface area (Å²) in [7, 11) is 0. The van der Waals surface area contributed by atoms with Crippen LogP contribution in [0.4, 0.5) is 0 Å². The molecule has 0 saturated carbocycles. The largest absolute Gasteiger partial charge is 0.446 e. The van der Waals surface area contributed by atoms with E-state index >= 15 is 0 Å². The summed E-state index contributed by atoms with van der Waals surface area (Å²) in [5.41, 5.74) is 1.32. The quantitative estimate of drug-likeness (QED) is 0.605. The Labute approximate surface area is 99.1 Å². The zero-order valence-corrected chi connectivity index (χ0v) is 10.1. The molecule has 82 valence electrons. The molecule has 0 aliphatic carbocycles. The van der Waals surface area contributed by atoms with Crippen LogP contribution in [0, 0.1) is 6.92 Å². The first-order valence-corrected chi connectivity index (χ1v) is 5.37. The van der Waals surface area contributed by atoms with Crippen molar-refractivity contribution < 1.29 is 9.53 Å². The lowest BCUT2D eigenvalue weighted by Gasteiger charge is -2.12. The molecule has 0 fully saturated rings. The molecule has 1 atom stereocenters. The van der Waals surface area contributed by atoms with Crippen LogP contribution in [0.1, 0.15) is 18.1 Å². The second kappa shape index (κ2) is 5.38. The second-order valence-electron chi connectivity index (χ2n) is 3.25. The normalized spacial score (nSPS) is 12.3. The monoisotopic (exact) mass is 246 g/mol. The van der Waals surface area contributed by atoms with Crippen molar-refractivity contribution in [3.05, 3.63) is 34.3 Å². The summed E-state index contributed by atoms with van der Waals surface area (Å²) >= 11 is 11.8. The van der Waals surface area contributed by atoms with E-state index < -0.39 is 5.56 Å². The predicted octanol–water partition coefficient (Wildman–Crippen LogP) is 3.32. The molecule has 0 aromatic heterocycles. The first kappa shape index (κ1) is 12.3. The number of carbonyl (C=O) groups is 1. The van der Waals surface area contributed by atoms with Crippen molar-refractivity contribution in [2.45, 2.75) is 25.8 Å². The van der Waals surface area contributed by atoms with Gasteiger partial charge in [0.15, 0.2) is 5.56 Å². The third-order valence-corrected chi connectivity index (χ3v) is 2.71. The Kier molecular flexibility index (Phi) is 4.43. The minimum Gasteiger partial charge on any atom is -0.446 e. The maximum absolute atomic E-state index is 10.7. The van der Waals surface area contributed by atoms with E-state index in [4.69, 9.17) is 27.9 Å². The molecule has 0 amide bonds. The Morgan fingerprint density at radius 2 is 2.20 bits per heavy atom. The topological polar surface area (TPSA) is 26.3 Å². The zero-order chi connectivity index (χ0) is 11.4. The van der Waals surface area contributed by atoms with Crippen molar-refractivity contribution in [3.63, 3.8) is 0 Å². The molecule has 0 heterocycles. The molecule has 4 heteroatoms. The lowest BCUT2D eigenvalue weighted by atomic mass is 10.1. The van der Waals surface area contributed by atoms with Crippen molar-refractivity contribution in [1.29, 1.82) is 0 Å². The lowest BCUT2D eigenvalue weighted by Crippen LogP contribution is -2.13. The van der Waals surface area contributed by atoms with Gasteiger partial charge in [-0.05, 0) is 24.1 Å². The molecule has 0 aliphatic heterocycles. The Hall–Kier alpha value is -0.730. The van der Waals surface area contributed by atoms with Gasteiger partial charge in [-0.3, -0.25) is 4.79 Å². The molecule has 1 unspecified atom stereocenters. The van der Waals surface area contributed by atoms with E-state index in [1.165, 1.54) is 6.92 Å². The van der Waals surface area contributed by atoms with Crippen molar-refractivity contribution >= 4 is 29.2 Å². The fourth-order valence-corrected chi connectivity index (χ4v) is 1.75. The van der Waals surface area contributed by atoms with Gasteiger partial charge in [-0.25, -0.2) is 0 Å². The number of esters is 1. The molecule has 0 aliphatic rings. The van der Waals surface area contributed by atoms with Gasteiger partial charge >= 0.3 is 5.97 Å². The van der Waals surface area contributed by atoms with Crippen molar-refractivity contribution in [2.75, 3.05) is 0 Å². The Balaban J connectivity index is 2.72. The Bertz CT molecular complexity index is 364. The molecule has 0 spiro atoms. The van der Waals surface area contributed by atoms with Gasteiger partial charge in [0, 0.05) is 18.4 Å². The summed E-state index contributed by atoms with van der Waals surface area (Å²) in [6.07, 6.45) is 0.466. The lowest BCUT2D eigenvalue weighted by molar-refractivity contribution is -0.142. The van der Waals surface area contributed by atoms with Crippen LogP contribution in [-0.2, 0) is 16.0 Å². The number of alkyl halides is 1. The Morgan fingerprint density at radius 1 is 1.53 bits per heavy atom. The number of hydrogen-bond donors (Lipinski definition) is 0. The van der Waals surface area contributed by atoms with Crippen LogP contribution in [0.2, 0.25) is 5.02 Å². The average Bonchev–Trinajstić information content (AvgIpc) is 2.11. The number of halogens is 2. The summed E-state index contributed by atoms with van der Waals surface area (Å²) in [4.78, 5) is 10.7. The summed E-state index contributed by atoms with van der Waals surface area (Å²) in [5, 5.41) is 0.694. The molecule has 0 radical (unpaired) electrons. The van der Waals surface area contributed by atoms with Gasteiger partial charge in [-0.1, -0.05) is 35.3 Å². The zero-order valence-electron chi connectivity index (χ0n) is 8.59. The van der Waals surface area contributed by atoms with Crippen molar-refractivity contribution in [1.82, 2.24) is 0 Å². The standard InChI is InChI=1S/C11H12Cl2O2/c1-7-9(4-3-5-10(7)12)6-11(13)15-8(2)14/h3-5,11H,6H2,1-2H3. The first-order valence-electron chi connectivity index (χ1n) is 4.56. The molecule has 1 rings (SSSR count). The number of ether oxygens (including phenoxy) is 1. The smallest absolute Gasteiger partial charge is 0.304 e. The van der Waals surface area contributed by atoms with Crippen LogP contribution < -0.4 is 0 Å². The van der Waals surface area contributed by atoms with Crippen LogP contribution in [0.3, 0.4) is 0 Å². The Morgan fingerprint density at radius 3 is 2.80 bits per heavy atom. The number of rotatable bonds is 3. The highest BCUT2D eigenvalue weighted by Gasteiger charge is 2.11. The summed E-state index contributed by atoms with van der Waals surface area (Å²) in [5.74, 6) is -0.380. The third-order valence-electron chi connectivity index (χ3n) is 2.05. The van der Waals surface area contributed by atoms with Gasteiger partial charge in [0.05, 0.1) is 0 Å². The molecule has 0 N–H and O–H groups in total. The maximum atomic E-state index is 10.7. The minimum atomic E-state index is -0.639. The second-order valence-corrected chi connectivity index (χ2v) is 4.14. The van der Waals surface area contributed by atoms with E-state index in [9.17, 15) is 4.79 Å². The molecule has 0 saturated heterocycles. The van der Waals surface area contributed by atoms with Crippen LogP contribution >= 0.6 is 23.2 Å². The van der Waals surface area contributed by atoms with E-state index in [1.807, 2.05) is 25.1 Å². The molecular weight excluding hydrogens is 235 g/mol.